The van der Waals surface area contributed by atoms with Crippen LogP contribution in [0, 0.1) is 12.7 Å². The molecular weight excluding hydrogens is 337 g/mol. The van der Waals surface area contributed by atoms with Gasteiger partial charge in [0.25, 0.3) is 5.91 Å². The molecule has 0 heterocycles. The first-order valence-corrected chi connectivity index (χ1v) is 8.51. The van der Waals surface area contributed by atoms with Gasteiger partial charge in [-0.3, -0.25) is 4.79 Å². The van der Waals surface area contributed by atoms with Gasteiger partial charge in [0, 0.05) is 6.54 Å². The number of nitrogens with one attached hydrogen (secondary N) is 1. The first-order chi connectivity index (χ1) is 12.6. The van der Waals surface area contributed by atoms with E-state index in [1.165, 1.54) is 12.1 Å². The molecular formula is C20H24FNO4. The van der Waals surface area contributed by atoms with Crippen molar-refractivity contribution in [1.82, 2.24) is 5.32 Å². The van der Waals surface area contributed by atoms with Crippen LogP contribution < -0.4 is 19.5 Å². The van der Waals surface area contributed by atoms with Crippen LogP contribution in [0.5, 0.6) is 17.2 Å². The third kappa shape index (κ3) is 6.63. The number of halogens is 1. The van der Waals surface area contributed by atoms with Gasteiger partial charge in [-0.1, -0.05) is 6.07 Å². The number of hydrogen-bond donors (Lipinski definition) is 1. The molecule has 2 aromatic rings. The zero-order chi connectivity index (χ0) is 18.8. The van der Waals surface area contributed by atoms with Crippen LogP contribution in [0.2, 0.25) is 0 Å². The van der Waals surface area contributed by atoms with Crippen LogP contribution in [0.15, 0.2) is 42.5 Å². The minimum atomic E-state index is -0.287. The van der Waals surface area contributed by atoms with Gasteiger partial charge in [-0.05, 0) is 61.7 Å². The number of aryl methyl sites for hydroxylation is 1. The van der Waals surface area contributed by atoms with Crippen LogP contribution in [0.1, 0.15) is 18.4 Å². The van der Waals surface area contributed by atoms with Crippen molar-refractivity contribution >= 4 is 5.91 Å². The Balaban J connectivity index is 1.58. The standard InChI is InChI=1S/C20H24FNO4/c1-15-5-10-18(19(13-15)24-2)26-14-20(23)22-11-3-4-12-25-17-8-6-16(21)7-9-17/h5-10,13H,3-4,11-12,14H2,1-2H3,(H,22,23). The van der Waals surface area contributed by atoms with Gasteiger partial charge in [0.05, 0.1) is 13.7 Å². The summed E-state index contributed by atoms with van der Waals surface area (Å²) in [4.78, 5) is 11.8. The molecule has 2 rings (SSSR count). The summed E-state index contributed by atoms with van der Waals surface area (Å²) in [5.74, 6) is 1.31. The summed E-state index contributed by atoms with van der Waals surface area (Å²) >= 11 is 0. The summed E-state index contributed by atoms with van der Waals surface area (Å²) in [6.45, 7) is 2.95. The van der Waals surface area contributed by atoms with Crippen LogP contribution in [-0.2, 0) is 4.79 Å². The Bertz CT molecular complexity index is 703. The normalized spacial score (nSPS) is 10.3. The lowest BCUT2D eigenvalue weighted by Crippen LogP contribution is -2.29. The second kappa shape index (κ2) is 10.3. The summed E-state index contributed by atoms with van der Waals surface area (Å²) in [5, 5.41) is 2.80. The zero-order valence-electron chi connectivity index (χ0n) is 15.1. The quantitative estimate of drug-likeness (QED) is 0.658. The molecule has 0 aliphatic carbocycles. The van der Waals surface area contributed by atoms with Gasteiger partial charge in [-0.2, -0.15) is 0 Å². The van der Waals surface area contributed by atoms with Gasteiger partial charge in [0.2, 0.25) is 0 Å². The molecule has 1 N–H and O–H groups in total. The Morgan fingerprint density at radius 3 is 2.54 bits per heavy atom. The van der Waals surface area contributed by atoms with E-state index < -0.39 is 0 Å². The van der Waals surface area contributed by atoms with Crippen molar-refractivity contribution in [3.05, 3.63) is 53.8 Å². The van der Waals surface area contributed by atoms with E-state index >= 15 is 0 Å². The number of carbonyl (C=O) groups excluding carboxylic acids is 1. The third-order valence-corrected chi connectivity index (χ3v) is 3.65. The molecule has 0 unspecified atom stereocenters. The van der Waals surface area contributed by atoms with Crippen molar-refractivity contribution in [2.75, 3.05) is 26.9 Å². The molecule has 1 amide bonds. The number of ether oxygens (including phenoxy) is 3. The molecule has 0 bridgehead atoms. The largest absolute Gasteiger partial charge is 0.494 e. The highest BCUT2D eigenvalue weighted by molar-refractivity contribution is 5.77. The molecule has 0 radical (unpaired) electrons. The number of benzene rings is 2. The smallest absolute Gasteiger partial charge is 0.257 e. The predicted octanol–water partition coefficient (Wildman–Crippen LogP) is 3.50. The lowest BCUT2D eigenvalue weighted by Gasteiger charge is -2.11. The van der Waals surface area contributed by atoms with E-state index in [9.17, 15) is 9.18 Å². The van der Waals surface area contributed by atoms with Gasteiger partial charge in [0.15, 0.2) is 18.1 Å². The molecule has 6 heteroatoms. The highest BCUT2D eigenvalue weighted by Crippen LogP contribution is 2.27. The molecule has 0 aromatic heterocycles. The average molecular weight is 361 g/mol. The van der Waals surface area contributed by atoms with Crippen LogP contribution >= 0.6 is 0 Å². The Kier molecular flexibility index (Phi) is 7.74. The molecule has 26 heavy (non-hydrogen) atoms. The van der Waals surface area contributed by atoms with E-state index in [4.69, 9.17) is 14.2 Å². The first kappa shape index (κ1) is 19.6. The van der Waals surface area contributed by atoms with E-state index in [0.717, 1.165) is 18.4 Å². The predicted molar refractivity (Wildman–Crippen MR) is 97.4 cm³/mol. The van der Waals surface area contributed by atoms with Crippen molar-refractivity contribution < 1.29 is 23.4 Å². The molecule has 0 saturated heterocycles. The van der Waals surface area contributed by atoms with Crippen molar-refractivity contribution in [2.45, 2.75) is 19.8 Å². The number of hydrogen-bond acceptors (Lipinski definition) is 4. The summed E-state index contributed by atoms with van der Waals surface area (Å²) in [6, 6.07) is 11.4. The van der Waals surface area contributed by atoms with Gasteiger partial charge in [-0.25, -0.2) is 4.39 Å². The zero-order valence-corrected chi connectivity index (χ0v) is 15.1. The maximum absolute atomic E-state index is 12.8. The van der Waals surface area contributed by atoms with E-state index in [2.05, 4.69) is 5.32 Å². The summed E-state index contributed by atoms with van der Waals surface area (Å²) in [5.41, 5.74) is 1.06. The molecule has 2 aromatic carbocycles. The van der Waals surface area contributed by atoms with Gasteiger partial charge < -0.3 is 19.5 Å². The fraction of sp³-hybridized carbons (Fsp3) is 0.350. The van der Waals surface area contributed by atoms with E-state index in [1.54, 1.807) is 25.3 Å². The van der Waals surface area contributed by atoms with E-state index in [1.807, 2.05) is 19.1 Å². The molecule has 0 saturated carbocycles. The maximum Gasteiger partial charge on any atom is 0.257 e. The molecule has 0 aliphatic heterocycles. The molecule has 5 nitrogen and oxygen atoms in total. The Morgan fingerprint density at radius 1 is 1.04 bits per heavy atom. The Morgan fingerprint density at radius 2 is 1.81 bits per heavy atom. The van der Waals surface area contributed by atoms with E-state index in [0.29, 0.717) is 30.4 Å². The second-order valence-corrected chi connectivity index (χ2v) is 5.80. The summed E-state index contributed by atoms with van der Waals surface area (Å²) in [6.07, 6.45) is 1.56. The van der Waals surface area contributed by atoms with Crippen molar-refractivity contribution in [2.24, 2.45) is 0 Å². The summed E-state index contributed by atoms with van der Waals surface area (Å²) in [7, 11) is 1.57. The highest BCUT2D eigenvalue weighted by atomic mass is 19.1. The number of unbranched alkanes of at least 4 members (excludes halogenated alkanes) is 1. The third-order valence-electron chi connectivity index (χ3n) is 3.65. The minimum Gasteiger partial charge on any atom is -0.494 e. The lowest BCUT2D eigenvalue weighted by atomic mass is 10.2. The Labute approximate surface area is 153 Å². The number of carbonyl (C=O) groups is 1. The fourth-order valence-electron chi connectivity index (χ4n) is 2.26. The lowest BCUT2D eigenvalue weighted by molar-refractivity contribution is -0.123. The molecule has 0 atom stereocenters. The molecule has 0 aliphatic rings. The minimum absolute atomic E-state index is 0.0640. The van der Waals surface area contributed by atoms with Crippen LogP contribution in [0.3, 0.4) is 0 Å². The van der Waals surface area contributed by atoms with Crippen LogP contribution in [0.25, 0.3) is 0 Å². The van der Waals surface area contributed by atoms with Gasteiger partial charge in [-0.15, -0.1) is 0 Å². The van der Waals surface area contributed by atoms with Crippen LogP contribution in [0.4, 0.5) is 4.39 Å². The van der Waals surface area contributed by atoms with Gasteiger partial charge in [0.1, 0.15) is 11.6 Å². The topological polar surface area (TPSA) is 56.8 Å². The average Bonchev–Trinajstić information content (AvgIpc) is 2.64. The van der Waals surface area contributed by atoms with Crippen molar-refractivity contribution in [3.63, 3.8) is 0 Å². The molecule has 0 spiro atoms. The number of methoxy groups -OCH3 is 1. The highest BCUT2D eigenvalue weighted by Gasteiger charge is 2.07. The van der Waals surface area contributed by atoms with Gasteiger partial charge >= 0.3 is 0 Å². The summed E-state index contributed by atoms with van der Waals surface area (Å²) < 4.78 is 29.0. The fourth-order valence-corrected chi connectivity index (χ4v) is 2.26. The van der Waals surface area contributed by atoms with Crippen molar-refractivity contribution in [1.29, 1.82) is 0 Å². The maximum atomic E-state index is 12.8. The number of rotatable bonds is 10. The second-order valence-electron chi connectivity index (χ2n) is 5.80. The SMILES string of the molecule is COc1cc(C)ccc1OCC(=O)NCCCCOc1ccc(F)cc1. The van der Waals surface area contributed by atoms with Crippen molar-refractivity contribution in [3.8, 4) is 17.2 Å². The Hall–Kier alpha value is -2.76. The number of amides is 1. The first-order valence-electron chi connectivity index (χ1n) is 8.51. The molecule has 140 valence electrons. The monoisotopic (exact) mass is 361 g/mol. The van der Waals surface area contributed by atoms with Crippen LogP contribution in [-0.4, -0.2) is 32.8 Å². The molecule has 0 fully saturated rings. The van der Waals surface area contributed by atoms with E-state index in [-0.39, 0.29) is 18.3 Å².